The van der Waals surface area contributed by atoms with Gasteiger partial charge in [0, 0.05) is 18.4 Å². The van der Waals surface area contributed by atoms with Crippen LogP contribution in [0.25, 0.3) is 0 Å². The summed E-state index contributed by atoms with van der Waals surface area (Å²) in [5.74, 6) is -0.852. The number of hydrogen-bond acceptors (Lipinski definition) is 4. The Labute approximate surface area is 86.3 Å². The SMILES string of the molecule is NC1(C(=O)c2cncc(F)c2)CCOC1. The summed E-state index contributed by atoms with van der Waals surface area (Å²) in [6.45, 7) is 0.646. The first-order valence-electron chi connectivity index (χ1n) is 4.64. The van der Waals surface area contributed by atoms with Gasteiger partial charge in [0.25, 0.3) is 0 Å². The van der Waals surface area contributed by atoms with Crippen LogP contribution in [-0.4, -0.2) is 29.5 Å². The zero-order chi connectivity index (χ0) is 10.9. The lowest BCUT2D eigenvalue weighted by Crippen LogP contribution is -2.48. The van der Waals surface area contributed by atoms with E-state index in [2.05, 4.69) is 4.98 Å². The van der Waals surface area contributed by atoms with Gasteiger partial charge in [-0.25, -0.2) is 4.39 Å². The predicted octanol–water partition coefficient (Wildman–Crippen LogP) is 0.521. The van der Waals surface area contributed by atoms with Gasteiger partial charge in [0.2, 0.25) is 0 Å². The lowest BCUT2D eigenvalue weighted by Gasteiger charge is -2.19. The molecule has 0 aromatic carbocycles. The molecule has 80 valence electrons. The van der Waals surface area contributed by atoms with E-state index in [1.54, 1.807) is 0 Å². The van der Waals surface area contributed by atoms with E-state index < -0.39 is 11.4 Å². The third-order valence-electron chi connectivity index (χ3n) is 2.47. The number of nitrogens with two attached hydrogens (primary N) is 1. The molecule has 0 spiro atoms. The van der Waals surface area contributed by atoms with E-state index in [1.165, 1.54) is 6.20 Å². The zero-order valence-electron chi connectivity index (χ0n) is 8.07. The molecular formula is C10H11FN2O2. The van der Waals surface area contributed by atoms with Gasteiger partial charge in [0.05, 0.1) is 12.8 Å². The van der Waals surface area contributed by atoms with Crippen LogP contribution in [0, 0.1) is 5.82 Å². The van der Waals surface area contributed by atoms with E-state index in [1.807, 2.05) is 0 Å². The molecule has 0 bridgehead atoms. The normalized spacial score (nSPS) is 25.5. The van der Waals surface area contributed by atoms with Crippen molar-refractivity contribution in [1.29, 1.82) is 0 Å². The Hall–Kier alpha value is -1.33. The summed E-state index contributed by atoms with van der Waals surface area (Å²) in [4.78, 5) is 15.5. The van der Waals surface area contributed by atoms with E-state index >= 15 is 0 Å². The van der Waals surface area contributed by atoms with E-state index in [-0.39, 0.29) is 18.0 Å². The second-order valence-electron chi connectivity index (χ2n) is 3.68. The van der Waals surface area contributed by atoms with Crippen molar-refractivity contribution in [1.82, 2.24) is 4.98 Å². The number of carbonyl (C=O) groups is 1. The Morgan fingerprint density at radius 3 is 3.00 bits per heavy atom. The van der Waals surface area contributed by atoms with Crippen LogP contribution < -0.4 is 5.73 Å². The van der Waals surface area contributed by atoms with Gasteiger partial charge in [0.15, 0.2) is 5.78 Å². The number of carbonyl (C=O) groups excluding carboxylic acids is 1. The van der Waals surface area contributed by atoms with E-state index in [4.69, 9.17) is 10.5 Å². The van der Waals surface area contributed by atoms with Crippen LogP contribution in [0.3, 0.4) is 0 Å². The van der Waals surface area contributed by atoms with Crippen molar-refractivity contribution in [3.05, 3.63) is 29.8 Å². The number of nitrogens with zero attached hydrogens (tertiary/aromatic N) is 1. The number of rotatable bonds is 2. The molecule has 0 amide bonds. The molecule has 0 saturated carbocycles. The molecule has 2 N–H and O–H groups in total. The molecule has 1 aliphatic rings. The first-order valence-corrected chi connectivity index (χ1v) is 4.64. The van der Waals surface area contributed by atoms with Gasteiger partial charge < -0.3 is 10.5 Å². The van der Waals surface area contributed by atoms with E-state index in [9.17, 15) is 9.18 Å². The highest BCUT2D eigenvalue weighted by molar-refractivity contribution is 6.03. The fourth-order valence-corrected chi connectivity index (χ4v) is 1.58. The van der Waals surface area contributed by atoms with Gasteiger partial charge in [0.1, 0.15) is 11.4 Å². The molecule has 5 heteroatoms. The molecule has 15 heavy (non-hydrogen) atoms. The highest BCUT2D eigenvalue weighted by Gasteiger charge is 2.38. The molecule has 1 aromatic rings. The van der Waals surface area contributed by atoms with Gasteiger partial charge >= 0.3 is 0 Å². The summed E-state index contributed by atoms with van der Waals surface area (Å²) in [6, 6.07) is 1.14. The van der Waals surface area contributed by atoms with Crippen molar-refractivity contribution < 1.29 is 13.9 Å². The molecule has 1 fully saturated rings. The summed E-state index contributed by atoms with van der Waals surface area (Å²) in [7, 11) is 0. The first-order chi connectivity index (χ1) is 7.12. The smallest absolute Gasteiger partial charge is 0.186 e. The van der Waals surface area contributed by atoms with E-state index in [0.717, 1.165) is 12.3 Å². The molecule has 1 unspecified atom stereocenters. The van der Waals surface area contributed by atoms with Gasteiger partial charge in [-0.05, 0) is 12.5 Å². The molecule has 4 nitrogen and oxygen atoms in total. The van der Waals surface area contributed by atoms with Crippen LogP contribution in [0.1, 0.15) is 16.8 Å². The third kappa shape index (κ3) is 1.88. The lowest BCUT2D eigenvalue weighted by atomic mass is 9.90. The van der Waals surface area contributed by atoms with Crippen molar-refractivity contribution in [3.8, 4) is 0 Å². The van der Waals surface area contributed by atoms with Crippen LogP contribution >= 0.6 is 0 Å². The molecule has 2 rings (SSSR count). The lowest BCUT2D eigenvalue weighted by molar-refractivity contribution is 0.0862. The molecule has 1 aromatic heterocycles. The highest BCUT2D eigenvalue weighted by atomic mass is 19.1. The minimum Gasteiger partial charge on any atom is -0.379 e. The van der Waals surface area contributed by atoms with E-state index in [0.29, 0.717) is 13.0 Å². The molecule has 1 aliphatic heterocycles. The molecule has 0 radical (unpaired) electrons. The second kappa shape index (κ2) is 3.67. The Balaban J connectivity index is 2.27. The average molecular weight is 210 g/mol. The van der Waals surface area contributed by atoms with Crippen molar-refractivity contribution in [2.24, 2.45) is 5.73 Å². The van der Waals surface area contributed by atoms with Gasteiger partial charge in [-0.15, -0.1) is 0 Å². The first kappa shape index (κ1) is 10.2. The van der Waals surface area contributed by atoms with Crippen molar-refractivity contribution >= 4 is 5.78 Å². The number of hydrogen-bond donors (Lipinski definition) is 1. The summed E-state index contributed by atoms with van der Waals surface area (Å²) in [6.07, 6.45) is 2.83. The summed E-state index contributed by atoms with van der Waals surface area (Å²) in [5.41, 5.74) is 5.04. The van der Waals surface area contributed by atoms with Crippen molar-refractivity contribution in [2.45, 2.75) is 12.0 Å². The fourth-order valence-electron chi connectivity index (χ4n) is 1.58. The Morgan fingerprint density at radius 2 is 2.40 bits per heavy atom. The molecule has 1 atom stereocenters. The van der Waals surface area contributed by atoms with Crippen molar-refractivity contribution in [2.75, 3.05) is 13.2 Å². The number of Topliss-reactive ketones (excluding diaryl/α,β-unsaturated/α-hetero) is 1. The maximum Gasteiger partial charge on any atom is 0.186 e. The summed E-state index contributed by atoms with van der Waals surface area (Å²) < 4.78 is 17.9. The molecule has 2 heterocycles. The van der Waals surface area contributed by atoms with Gasteiger partial charge in [-0.1, -0.05) is 0 Å². The van der Waals surface area contributed by atoms with Crippen molar-refractivity contribution in [3.63, 3.8) is 0 Å². The maximum absolute atomic E-state index is 12.9. The highest BCUT2D eigenvalue weighted by Crippen LogP contribution is 2.20. The topological polar surface area (TPSA) is 65.2 Å². The van der Waals surface area contributed by atoms with Gasteiger partial charge in [-0.3, -0.25) is 9.78 Å². The quantitative estimate of drug-likeness (QED) is 0.723. The predicted molar refractivity (Wildman–Crippen MR) is 50.9 cm³/mol. The summed E-state index contributed by atoms with van der Waals surface area (Å²) in [5, 5.41) is 0. The van der Waals surface area contributed by atoms with Crippen LogP contribution in [0.5, 0.6) is 0 Å². The largest absolute Gasteiger partial charge is 0.379 e. The monoisotopic (exact) mass is 210 g/mol. The number of aromatic nitrogens is 1. The van der Waals surface area contributed by atoms with Gasteiger partial charge in [-0.2, -0.15) is 0 Å². The molecule has 1 saturated heterocycles. The Morgan fingerprint density at radius 1 is 1.60 bits per heavy atom. The minimum atomic E-state index is -1.02. The standard InChI is InChI=1S/C10H11FN2O2/c11-8-3-7(4-13-5-8)9(14)10(12)1-2-15-6-10/h3-5H,1-2,6,12H2. The zero-order valence-corrected chi connectivity index (χ0v) is 8.07. The Kier molecular flexibility index (Phi) is 2.50. The average Bonchev–Trinajstić information content (AvgIpc) is 2.65. The van der Waals surface area contributed by atoms with Crippen LogP contribution in [-0.2, 0) is 4.74 Å². The molecule has 0 aliphatic carbocycles. The number of pyridine rings is 1. The fraction of sp³-hybridized carbons (Fsp3) is 0.400. The van der Waals surface area contributed by atoms with Crippen LogP contribution in [0.4, 0.5) is 4.39 Å². The van der Waals surface area contributed by atoms with Crippen LogP contribution in [0.15, 0.2) is 18.5 Å². The number of ketones is 1. The maximum atomic E-state index is 12.9. The minimum absolute atomic E-state index is 0.183. The third-order valence-corrected chi connectivity index (χ3v) is 2.47. The van der Waals surface area contributed by atoms with Crippen LogP contribution in [0.2, 0.25) is 0 Å². The Bertz CT molecular complexity index is 389. The molecular weight excluding hydrogens is 199 g/mol. The summed E-state index contributed by atoms with van der Waals surface area (Å²) >= 11 is 0. The number of ether oxygens (including phenoxy) is 1. The second-order valence-corrected chi connectivity index (χ2v) is 3.68. The number of halogens is 1.